The molecule has 0 spiro atoms. The van der Waals surface area contributed by atoms with Crippen molar-refractivity contribution in [2.75, 3.05) is 0 Å². The largest absolute Gasteiger partial charge is 0.478 e. The van der Waals surface area contributed by atoms with E-state index in [4.69, 9.17) is 5.11 Å². The molecular formula is C15H19NO3. The Morgan fingerprint density at radius 1 is 1.26 bits per heavy atom. The summed E-state index contributed by atoms with van der Waals surface area (Å²) in [5, 5.41) is 11.5. The van der Waals surface area contributed by atoms with Gasteiger partial charge in [-0.3, -0.25) is 4.79 Å². The Labute approximate surface area is 113 Å². The second-order valence-electron chi connectivity index (χ2n) is 5.45. The van der Waals surface area contributed by atoms with E-state index in [-0.39, 0.29) is 11.4 Å². The Hall–Kier alpha value is -2.10. The topological polar surface area (TPSA) is 66.4 Å². The summed E-state index contributed by atoms with van der Waals surface area (Å²) in [4.78, 5) is 22.4. The van der Waals surface area contributed by atoms with Gasteiger partial charge in [0.25, 0.3) is 5.91 Å². The van der Waals surface area contributed by atoms with Crippen LogP contribution in [0.5, 0.6) is 0 Å². The predicted octanol–water partition coefficient (Wildman–Crippen LogP) is 2.62. The van der Waals surface area contributed by atoms with E-state index in [0.717, 1.165) is 17.2 Å². The normalized spacial score (nSPS) is 11.6. The summed E-state index contributed by atoms with van der Waals surface area (Å²) in [7, 11) is 0. The van der Waals surface area contributed by atoms with Gasteiger partial charge < -0.3 is 10.4 Å². The number of carbonyl (C=O) groups excluding carboxylic acids is 1. The Morgan fingerprint density at radius 2 is 1.89 bits per heavy atom. The number of benzene rings is 1. The molecule has 0 fully saturated rings. The molecule has 0 atom stereocenters. The molecule has 0 radical (unpaired) electrons. The molecule has 0 aliphatic rings. The summed E-state index contributed by atoms with van der Waals surface area (Å²) in [5.74, 6) is -1.13. The van der Waals surface area contributed by atoms with Gasteiger partial charge in [0, 0.05) is 17.2 Å². The van der Waals surface area contributed by atoms with E-state index in [0.29, 0.717) is 5.56 Å². The van der Waals surface area contributed by atoms with Crippen LogP contribution in [0.1, 0.15) is 42.3 Å². The Kier molecular flexibility index (Phi) is 4.48. The number of hydrogen-bond donors (Lipinski definition) is 2. The van der Waals surface area contributed by atoms with E-state index >= 15 is 0 Å². The van der Waals surface area contributed by atoms with Gasteiger partial charge in [0.05, 0.1) is 0 Å². The molecule has 1 rings (SSSR count). The zero-order chi connectivity index (χ0) is 14.6. The molecule has 0 bridgehead atoms. The van der Waals surface area contributed by atoms with Crippen LogP contribution in [0.15, 0.2) is 24.3 Å². The molecule has 0 heterocycles. The number of aliphatic carboxylic acids is 1. The summed E-state index contributed by atoms with van der Waals surface area (Å²) in [6, 6.07) is 5.19. The van der Waals surface area contributed by atoms with E-state index in [1.54, 1.807) is 18.2 Å². The lowest BCUT2D eigenvalue weighted by Gasteiger charge is -2.20. The lowest BCUT2D eigenvalue weighted by atomic mass is 10.0. The minimum Gasteiger partial charge on any atom is -0.478 e. The van der Waals surface area contributed by atoms with Crippen molar-refractivity contribution in [2.24, 2.45) is 0 Å². The Morgan fingerprint density at radius 3 is 2.37 bits per heavy atom. The molecule has 0 aliphatic heterocycles. The van der Waals surface area contributed by atoms with Crippen LogP contribution in [0.3, 0.4) is 0 Å². The first-order valence-electron chi connectivity index (χ1n) is 6.03. The van der Waals surface area contributed by atoms with Gasteiger partial charge in [-0.1, -0.05) is 6.07 Å². The second-order valence-corrected chi connectivity index (χ2v) is 5.45. The zero-order valence-electron chi connectivity index (χ0n) is 11.7. The second kappa shape index (κ2) is 5.69. The third-order valence-electron chi connectivity index (χ3n) is 2.43. The molecule has 102 valence electrons. The van der Waals surface area contributed by atoms with Gasteiger partial charge in [-0.15, -0.1) is 0 Å². The summed E-state index contributed by atoms with van der Waals surface area (Å²) < 4.78 is 0. The fourth-order valence-electron chi connectivity index (χ4n) is 1.58. The average Bonchev–Trinajstić information content (AvgIpc) is 2.24. The summed E-state index contributed by atoms with van der Waals surface area (Å²) in [6.45, 7) is 7.60. The minimum absolute atomic E-state index is 0.135. The third kappa shape index (κ3) is 4.95. The van der Waals surface area contributed by atoms with Crippen molar-refractivity contribution in [3.8, 4) is 0 Å². The van der Waals surface area contributed by atoms with Crippen molar-refractivity contribution in [2.45, 2.75) is 33.2 Å². The molecule has 1 aromatic carbocycles. The smallest absolute Gasteiger partial charge is 0.328 e. The maximum absolute atomic E-state index is 12.0. The number of carboxylic acid groups (broad SMARTS) is 1. The van der Waals surface area contributed by atoms with Crippen LogP contribution in [0, 0.1) is 6.92 Å². The molecule has 2 N–H and O–H groups in total. The first-order chi connectivity index (χ1) is 8.69. The molecule has 19 heavy (non-hydrogen) atoms. The van der Waals surface area contributed by atoms with Crippen molar-refractivity contribution >= 4 is 18.0 Å². The minimum atomic E-state index is -0.992. The quantitative estimate of drug-likeness (QED) is 0.822. The van der Waals surface area contributed by atoms with E-state index in [1.165, 1.54) is 6.08 Å². The number of amides is 1. The molecule has 4 heteroatoms. The molecule has 1 aromatic rings. The van der Waals surface area contributed by atoms with Crippen molar-refractivity contribution in [3.63, 3.8) is 0 Å². The van der Waals surface area contributed by atoms with Gasteiger partial charge in [0.2, 0.25) is 0 Å². The average molecular weight is 261 g/mol. The van der Waals surface area contributed by atoms with Crippen molar-refractivity contribution in [1.82, 2.24) is 5.32 Å². The molecule has 4 nitrogen and oxygen atoms in total. The molecule has 0 aromatic heterocycles. The van der Waals surface area contributed by atoms with Crippen LogP contribution in [0.2, 0.25) is 0 Å². The maximum atomic E-state index is 12.0. The summed E-state index contributed by atoms with van der Waals surface area (Å²) in [6.07, 6.45) is 2.60. The van der Waals surface area contributed by atoms with Gasteiger partial charge in [-0.05, 0) is 57.0 Å². The van der Waals surface area contributed by atoms with Crippen molar-refractivity contribution in [1.29, 1.82) is 0 Å². The number of rotatable bonds is 3. The molecular weight excluding hydrogens is 242 g/mol. The highest BCUT2D eigenvalue weighted by Gasteiger charge is 2.15. The lowest BCUT2D eigenvalue weighted by Crippen LogP contribution is -2.40. The van der Waals surface area contributed by atoms with E-state index in [9.17, 15) is 9.59 Å². The van der Waals surface area contributed by atoms with Gasteiger partial charge in [-0.2, -0.15) is 0 Å². The number of hydrogen-bond acceptors (Lipinski definition) is 2. The SMILES string of the molecule is Cc1cc(C(=O)NC(C)(C)C)ccc1/C=C/C(=O)O. The molecule has 0 unspecified atom stereocenters. The summed E-state index contributed by atoms with van der Waals surface area (Å²) in [5.41, 5.74) is 1.93. The highest BCUT2D eigenvalue weighted by atomic mass is 16.4. The fraction of sp³-hybridized carbons (Fsp3) is 0.333. The first kappa shape index (κ1) is 15.0. The van der Waals surface area contributed by atoms with Crippen LogP contribution in [0.4, 0.5) is 0 Å². The highest BCUT2D eigenvalue weighted by molar-refractivity contribution is 5.95. The van der Waals surface area contributed by atoms with Gasteiger partial charge in [0.15, 0.2) is 0 Å². The van der Waals surface area contributed by atoms with Crippen molar-refractivity contribution < 1.29 is 14.7 Å². The zero-order valence-corrected chi connectivity index (χ0v) is 11.7. The standard InChI is InChI=1S/C15H19NO3/c1-10-9-12(14(19)16-15(2,3)4)6-5-11(10)7-8-13(17)18/h5-9H,1-4H3,(H,16,19)(H,17,18)/b8-7+. The Bertz CT molecular complexity index is 525. The highest BCUT2D eigenvalue weighted by Crippen LogP contribution is 2.14. The monoisotopic (exact) mass is 261 g/mol. The van der Waals surface area contributed by atoms with E-state index < -0.39 is 5.97 Å². The van der Waals surface area contributed by atoms with Crippen LogP contribution in [-0.4, -0.2) is 22.5 Å². The predicted molar refractivity (Wildman–Crippen MR) is 75.1 cm³/mol. The molecule has 1 amide bonds. The maximum Gasteiger partial charge on any atom is 0.328 e. The van der Waals surface area contributed by atoms with E-state index in [1.807, 2.05) is 27.7 Å². The Balaban J connectivity index is 2.94. The number of aryl methyl sites for hydroxylation is 1. The van der Waals surface area contributed by atoms with Gasteiger partial charge >= 0.3 is 5.97 Å². The van der Waals surface area contributed by atoms with Gasteiger partial charge in [-0.25, -0.2) is 4.79 Å². The van der Waals surface area contributed by atoms with Crippen LogP contribution < -0.4 is 5.32 Å². The number of carboxylic acids is 1. The van der Waals surface area contributed by atoms with Gasteiger partial charge in [0.1, 0.15) is 0 Å². The molecule has 0 saturated heterocycles. The van der Waals surface area contributed by atoms with Crippen molar-refractivity contribution in [3.05, 3.63) is 41.0 Å². The first-order valence-corrected chi connectivity index (χ1v) is 6.03. The number of nitrogens with one attached hydrogen (secondary N) is 1. The fourth-order valence-corrected chi connectivity index (χ4v) is 1.58. The van der Waals surface area contributed by atoms with Crippen LogP contribution in [0.25, 0.3) is 6.08 Å². The third-order valence-corrected chi connectivity index (χ3v) is 2.43. The van der Waals surface area contributed by atoms with Crippen LogP contribution >= 0.6 is 0 Å². The molecule has 0 saturated carbocycles. The molecule has 0 aliphatic carbocycles. The number of carbonyl (C=O) groups is 2. The summed E-state index contributed by atoms with van der Waals surface area (Å²) >= 11 is 0. The van der Waals surface area contributed by atoms with Crippen LogP contribution in [-0.2, 0) is 4.79 Å². The van der Waals surface area contributed by atoms with E-state index in [2.05, 4.69) is 5.32 Å². The lowest BCUT2D eigenvalue weighted by molar-refractivity contribution is -0.131.